The summed E-state index contributed by atoms with van der Waals surface area (Å²) in [5, 5.41) is 12.6. The molecule has 108 valence electrons. The average molecular weight is 268 g/mol. The number of carboxylic acids is 1. The van der Waals surface area contributed by atoms with Gasteiger partial charge in [-0.05, 0) is 44.7 Å². The fourth-order valence-corrected chi connectivity index (χ4v) is 3.16. The van der Waals surface area contributed by atoms with E-state index in [-0.39, 0.29) is 5.91 Å². The normalized spacial score (nSPS) is 28.6. The Hall–Kier alpha value is -1.10. The quantitative estimate of drug-likeness (QED) is 0.801. The number of hydrogen-bond acceptors (Lipinski definition) is 3. The van der Waals surface area contributed by atoms with Crippen LogP contribution < -0.4 is 5.32 Å². The maximum absolute atomic E-state index is 12.3. The van der Waals surface area contributed by atoms with Crippen LogP contribution in [0.4, 0.5) is 0 Å². The van der Waals surface area contributed by atoms with Crippen molar-refractivity contribution in [1.82, 2.24) is 10.2 Å². The Kier molecular flexibility index (Phi) is 4.45. The molecule has 1 amide bonds. The fourth-order valence-electron chi connectivity index (χ4n) is 3.16. The number of aliphatic carboxylic acids is 1. The lowest BCUT2D eigenvalue weighted by Crippen LogP contribution is -2.38. The molecule has 2 heterocycles. The molecule has 2 saturated heterocycles. The zero-order valence-electron chi connectivity index (χ0n) is 11.7. The van der Waals surface area contributed by atoms with Crippen LogP contribution in [-0.4, -0.2) is 48.1 Å². The van der Waals surface area contributed by atoms with Gasteiger partial charge in [0, 0.05) is 19.5 Å². The number of nitrogens with one attached hydrogen (secondary N) is 1. The van der Waals surface area contributed by atoms with Crippen molar-refractivity contribution in [2.45, 2.75) is 39.0 Å². The van der Waals surface area contributed by atoms with E-state index in [1.54, 1.807) is 4.90 Å². The second-order valence-electron chi connectivity index (χ2n) is 5.90. The van der Waals surface area contributed by atoms with E-state index in [1.165, 1.54) is 0 Å². The third kappa shape index (κ3) is 3.08. The fraction of sp³-hybridized carbons (Fsp3) is 0.857. The van der Waals surface area contributed by atoms with Gasteiger partial charge < -0.3 is 15.3 Å². The van der Waals surface area contributed by atoms with Crippen LogP contribution >= 0.6 is 0 Å². The lowest BCUT2D eigenvalue weighted by atomic mass is 9.84. The lowest BCUT2D eigenvalue weighted by molar-refractivity contribution is -0.148. The molecule has 2 aliphatic rings. The summed E-state index contributed by atoms with van der Waals surface area (Å²) in [7, 11) is 0. The average Bonchev–Trinajstić information content (AvgIpc) is 2.86. The number of carboxylic acid groups (broad SMARTS) is 1. The van der Waals surface area contributed by atoms with E-state index < -0.39 is 11.4 Å². The van der Waals surface area contributed by atoms with Crippen LogP contribution in [0.25, 0.3) is 0 Å². The van der Waals surface area contributed by atoms with Gasteiger partial charge in [0.2, 0.25) is 5.91 Å². The number of hydrogen-bond donors (Lipinski definition) is 2. The molecule has 19 heavy (non-hydrogen) atoms. The number of carbonyl (C=O) groups excluding carboxylic acids is 1. The number of likely N-dealkylation sites (tertiary alicyclic amines) is 1. The van der Waals surface area contributed by atoms with Gasteiger partial charge in [-0.3, -0.25) is 9.59 Å². The lowest BCUT2D eigenvalue weighted by Gasteiger charge is -2.26. The molecule has 1 atom stereocenters. The van der Waals surface area contributed by atoms with Crippen molar-refractivity contribution in [2.24, 2.45) is 11.3 Å². The zero-order chi connectivity index (χ0) is 13.9. The molecule has 0 bridgehead atoms. The second kappa shape index (κ2) is 5.90. The Bertz CT molecular complexity index is 353. The number of nitrogens with zero attached hydrogens (tertiary/aromatic N) is 1. The van der Waals surface area contributed by atoms with E-state index in [4.69, 9.17) is 0 Å². The first-order valence-corrected chi connectivity index (χ1v) is 7.29. The smallest absolute Gasteiger partial charge is 0.311 e. The highest BCUT2D eigenvalue weighted by Crippen LogP contribution is 2.35. The number of carbonyl (C=O) groups is 2. The van der Waals surface area contributed by atoms with Crippen LogP contribution in [0, 0.1) is 11.3 Å². The molecule has 2 aliphatic heterocycles. The Labute approximate surface area is 114 Å². The molecule has 5 nitrogen and oxygen atoms in total. The van der Waals surface area contributed by atoms with Crippen LogP contribution in [0.15, 0.2) is 0 Å². The highest BCUT2D eigenvalue weighted by Gasteiger charge is 2.44. The first-order valence-electron chi connectivity index (χ1n) is 7.29. The number of amides is 1. The largest absolute Gasteiger partial charge is 0.481 e. The minimum Gasteiger partial charge on any atom is -0.481 e. The van der Waals surface area contributed by atoms with Crippen molar-refractivity contribution < 1.29 is 14.7 Å². The minimum atomic E-state index is -0.757. The predicted molar refractivity (Wildman–Crippen MR) is 71.8 cm³/mol. The van der Waals surface area contributed by atoms with Gasteiger partial charge in [0.25, 0.3) is 0 Å². The summed E-state index contributed by atoms with van der Waals surface area (Å²) in [5.74, 6) is -0.147. The molecule has 1 unspecified atom stereocenters. The molecular weight excluding hydrogens is 244 g/mol. The molecule has 0 aromatic rings. The van der Waals surface area contributed by atoms with Crippen molar-refractivity contribution in [3.8, 4) is 0 Å². The highest BCUT2D eigenvalue weighted by atomic mass is 16.4. The first-order chi connectivity index (χ1) is 9.07. The molecule has 2 N–H and O–H groups in total. The molecule has 0 aliphatic carbocycles. The topological polar surface area (TPSA) is 69.6 Å². The Morgan fingerprint density at radius 2 is 2.05 bits per heavy atom. The van der Waals surface area contributed by atoms with Gasteiger partial charge in [-0.15, -0.1) is 0 Å². The van der Waals surface area contributed by atoms with Gasteiger partial charge in [0.1, 0.15) is 0 Å². The van der Waals surface area contributed by atoms with E-state index in [9.17, 15) is 14.7 Å². The van der Waals surface area contributed by atoms with Gasteiger partial charge >= 0.3 is 5.97 Å². The molecule has 5 heteroatoms. The predicted octanol–water partition coefficient (Wildman–Crippen LogP) is 1.09. The minimum absolute atomic E-state index is 0.142. The summed E-state index contributed by atoms with van der Waals surface area (Å²) < 4.78 is 0. The van der Waals surface area contributed by atoms with E-state index in [0.717, 1.165) is 25.9 Å². The summed E-state index contributed by atoms with van der Waals surface area (Å²) in [4.78, 5) is 25.4. The third-order valence-electron chi connectivity index (χ3n) is 4.76. The molecule has 0 aromatic heterocycles. The zero-order valence-corrected chi connectivity index (χ0v) is 11.7. The van der Waals surface area contributed by atoms with Gasteiger partial charge in [0.15, 0.2) is 0 Å². The number of rotatable bonds is 4. The Morgan fingerprint density at radius 1 is 1.37 bits per heavy atom. The summed E-state index contributed by atoms with van der Waals surface area (Å²) in [5.41, 5.74) is -0.705. The summed E-state index contributed by atoms with van der Waals surface area (Å²) in [6.45, 7) is 4.87. The first kappa shape index (κ1) is 14.3. The second-order valence-corrected chi connectivity index (χ2v) is 5.90. The molecule has 2 fully saturated rings. The standard InChI is InChI=1S/C14H24N2O3/c1-2-14(13(18)19)5-8-16(10-14)12(17)9-11-3-6-15-7-4-11/h11,15H,2-10H2,1H3,(H,18,19). The molecule has 0 saturated carbocycles. The van der Waals surface area contributed by atoms with Gasteiger partial charge in [-0.1, -0.05) is 6.92 Å². The van der Waals surface area contributed by atoms with Crippen LogP contribution in [0.1, 0.15) is 39.0 Å². The molecule has 0 aromatic carbocycles. The van der Waals surface area contributed by atoms with Crippen LogP contribution in [0.3, 0.4) is 0 Å². The van der Waals surface area contributed by atoms with Crippen molar-refractivity contribution >= 4 is 11.9 Å². The van der Waals surface area contributed by atoms with E-state index >= 15 is 0 Å². The monoisotopic (exact) mass is 268 g/mol. The molecule has 2 rings (SSSR count). The van der Waals surface area contributed by atoms with Gasteiger partial charge in [0.05, 0.1) is 5.41 Å². The molecular formula is C14H24N2O3. The third-order valence-corrected chi connectivity index (χ3v) is 4.76. The van der Waals surface area contributed by atoms with Crippen LogP contribution in [0.5, 0.6) is 0 Å². The highest BCUT2D eigenvalue weighted by molar-refractivity contribution is 5.80. The maximum atomic E-state index is 12.3. The molecule has 0 spiro atoms. The summed E-state index contributed by atoms with van der Waals surface area (Å²) >= 11 is 0. The van der Waals surface area contributed by atoms with E-state index in [0.29, 0.717) is 38.3 Å². The SMILES string of the molecule is CCC1(C(=O)O)CCN(C(=O)CC2CCNCC2)C1. The Morgan fingerprint density at radius 3 is 2.58 bits per heavy atom. The van der Waals surface area contributed by atoms with Crippen molar-refractivity contribution in [1.29, 1.82) is 0 Å². The number of piperidine rings is 1. The van der Waals surface area contributed by atoms with E-state index in [1.807, 2.05) is 6.92 Å². The van der Waals surface area contributed by atoms with Crippen molar-refractivity contribution in [2.75, 3.05) is 26.2 Å². The Balaban J connectivity index is 1.89. The van der Waals surface area contributed by atoms with Crippen LogP contribution in [0.2, 0.25) is 0 Å². The summed E-state index contributed by atoms with van der Waals surface area (Å²) in [6, 6.07) is 0. The van der Waals surface area contributed by atoms with Crippen molar-refractivity contribution in [3.63, 3.8) is 0 Å². The van der Waals surface area contributed by atoms with Crippen molar-refractivity contribution in [3.05, 3.63) is 0 Å². The maximum Gasteiger partial charge on any atom is 0.311 e. The molecule has 0 radical (unpaired) electrons. The summed E-state index contributed by atoms with van der Waals surface area (Å²) in [6.07, 6.45) is 3.88. The van der Waals surface area contributed by atoms with Gasteiger partial charge in [-0.2, -0.15) is 0 Å². The van der Waals surface area contributed by atoms with Gasteiger partial charge in [-0.25, -0.2) is 0 Å². The van der Waals surface area contributed by atoms with E-state index in [2.05, 4.69) is 5.32 Å². The van der Waals surface area contributed by atoms with Crippen LogP contribution in [-0.2, 0) is 9.59 Å².